The Kier molecular flexibility index (Phi) is 4.59. The van der Waals surface area contributed by atoms with Crippen molar-refractivity contribution in [1.29, 1.82) is 0 Å². The highest BCUT2D eigenvalue weighted by Crippen LogP contribution is 2.28. The predicted molar refractivity (Wildman–Crippen MR) is 76.2 cm³/mol. The molecule has 0 radical (unpaired) electrons. The van der Waals surface area contributed by atoms with Crippen molar-refractivity contribution in [2.75, 3.05) is 13.1 Å². The van der Waals surface area contributed by atoms with Crippen LogP contribution in [0.4, 0.5) is 0 Å². The zero-order valence-electron chi connectivity index (χ0n) is 11.6. The maximum absolute atomic E-state index is 11.9. The van der Waals surface area contributed by atoms with Gasteiger partial charge >= 0.3 is 5.97 Å². The Morgan fingerprint density at radius 1 is 1.21 bits per heavy atom. The molecule has 0 saturated carbocycles. The van der Waals surface area contributed by atoms with Crippen LogP contribution in [0.5, 0.6) is 0 Å². The van der Waals surface area contributed by atoms with Gasteiger partial charge in [0, 0.05) is 6.42 Å². The van der Waals surface area contributed by atoms with E-state index in [0.717, 1.165) is 31.5 Å². The van der Waals surface area contributed by atoms with Crippen molar-refractivity contribution in [1.82, 2.24) is 4.90 Å². The number of rotatable bonds is 5. The maximum Gasteiger partial charge on any atom is 0.324 e. The van der Waals surface area contributed by atoms with Crippen LogP contribution < -0.4 is 0 Å². The van der Waals surface area contributed by atoms with Crippen LogP contribution in [0.2, 0.25) is 0 Å². The molecule has 0 spiro atoms. The molecular weight excluding hydrogens is 238 g/mol. The number of benzene rings is 1. The van der Waals surface area contributed by atoms with Crippen LogP contribution in [0, 0.1) is 0 Å². The Balaban J connectivity index is 2.25. The summed E-state index contributed by atoms with van der Waals surface area (Å²) in [5, 5.41) is 9.80. The second kappa shape index (κ2) is 6.20. The fourth-order valence-electron chi connectivity index (χ4n) is 3.08. The lowest BCUT2D eigenvalue weighted by Gasteiger charge is -2.42. The van der Waals surface area contributed by atoms with Crippen LogP contribution in [0.25, 0.3) is 0 Å². The van der Waals surface area contributed by atoms with Gasteiger partial charge in [0.15, 0.2) is 0 Å². The molecule has 0 aromatic heterocycles. The van der Waals surface area contributed by atoms with Crippen LogP contribution in [-0.2, 0) is 11.2 Å². The fraction of sp³-hybridized carbons (Fsp3) is 0.562. The third-order valence-electron chi connectivity index (χ3n) is 4.28. The van der Waals surface area contributed by atoms with Gasteiger partial charge in [-0.2, -0.15) is 0 Å². The van der Waals surface area contributed by atoms with Crippen molar-refractivity contribution in [2.24, 2.45) is 0 Å². The Labute approximate surface area is 115 Å². The first-order valence-corrected chi connectivity index (χ1v) is 7.21. The lowest BCUT2D eigenvalue weighted by molar-refractivity contribution is -0.153. The highest BCUT2D eigenvalue weighted by atomic mass is 16.4. The van der Waals surface area contributed by atoms with Crippen LogP contribution >= 0.6 is 0 Å². The molecule has 0 bridgehead atoms. The van der Waals surface area contributed by atoms with Crippen molar-refractivity contribution in [3.8, 4) is 0 Å². The predicted octanol–water partition coefficient (Wildman–Crippen LogP) is 2.95. The van der Waals surface area contributed by atoms with Gasteiger partial charge in [0.05, 0.1) is 0 Å². The van der Waals surface area contributed by atoms with E-state index in [0.29, 0.717) is 12.8 Å². The van der Waals surface area contributed by atoms with E-state index in [1.165, 1.54) is 6.42 Å². The molecule has 1 saturated heterocycles. The van der Waals surface area contributed by atoms with Crippen molar-refractivity contribution >= 4 is 5.97 Å². The number of piperidine rings is 1. The topological polar surface area (TPSA) is 40.5 Å². The Morgan fingerprint density at radius 3 is 2.37 bits per heavy atom. The standard InChI is InChI=1S/C16H23NO2/c1-2-16(15(18)19,17-11-7-4-8-12-17)13-14-9-5-3-6-10-14/h3,5-6,9-10H,2,4,7-8,11-13H2,1H3,(H,18,19). The molecule has 1 aromatic carbocycles. The molecule has 3 nitrogen and oxygen atoms in total. The van der Waals surface area contributed by atoms with Gasteiger partial charge in [-0.15, -0.1) is 0 Å². The molecule has 3 heteroatoms. The average Bonchev–Trinajstić information content (AvgIpc) is 2.46. The smallest absolute Gasteiger partial charge is 0.324 e. The number of likely N-dealkylation sites (tertiary alicyclic amines) is 1. The average molecular weight is 261 g/mol. The fourth-order valence-corrected chi connectivity index (χ4v) is 3.08. The summed E-state index contributed by atoms with van der Waals surface area (Å²) in [6.07, 6.45) is 4.70. The Hall–Kier alpha value is -1.35. The van der Waals surface area contributed by atoms with Crippen LogP contribution in [0.3, 0.4) is 0 Å². The molecule has 1 fully saturated rings. The molecule has 2 rings (SSSR count). The first-order valence-electron chi connectivity index (χ1n) is 7.21. The van der Waals surface area contributed by atoms with Crippen LogP contribution in [-0.4, -0.2) is 34.6 Å². The molecule has 0 aliphatic carbocycles. The van der Waals surface area contributed by atoms with Gasteiger partial charge in [0.2, 0.25) is 0 Å². The number of carboxylic acid groups (broad SMARTS) is 1. The molecule has 1 aromatic rings. The summed E-state index contributed by atoms with van der Waals surface area (Å²) in [5.41, 5.74) is 0.374. The van der Waals surface area contributed by atoms with Gasteiger partial charge < -0.3 is 5.11 Å². The summed E-state index contributed by atoms with van der Waals surface area (Å²) in [4.78, 5) is 14.1. The Bertz CT molecular complexity index is 412. The van der Waals surface area contributed by atoms with Crippen molar-refractivity contribution < 1.29 is 9.90 Å². The van der Waals surface area contributed by atoms with Crippen LogP contribution in [0.15, 0.2) is 30.3 Å². The summed E-state index contributed by atoms with van der Waals surface area (Å²) >= 11 is 0. The first-order chi connectivity index (χ1) is 9.19. The quantitative estimate of drug-likeness (QED) is 0.886. The highest BCUT2D eigenvalue weighted by molar-refractivity contribution is 5.79. The molecule has 1 aliphatic rings. The van der Waals surface area contributed by atoms with E-state index in [2.05, 4.69) is 4.90 Å². The highest BCUT2D eigenvalue weighted by Gasteiger charge is 2.42. The third kappa shape index (κ3) is 2.98. The monoisotopic (exact) mass is 261 g/mol. The summed E-state index contributed by atoms with van der Waals surface area (Å²) in [5.74, 6) is -0.680. The summed E-state index contributed by atoms with van der Waals surface area (Å²) in [7, 11) is 0. The number of carbonyl (C=O) groups is 1. The van der Waals surface area contributed by atoms with E-state index in [9.17, 15) is 9.90 Å². The van der Waals surface area contributed by atoms with Crippen molar-refractivity contribution in [2.45, 2.75) is 44.6 Å². The molecular formula is C16H23NO2. The minimum Gasteiger partial charge on any atom is -0.480 e. The lowest BCUT2D eigenvalue weighted by Crippen LogP contribution is -2.57. The summed E-state index contributed by atoms with van der Waals surface area (Å²) in [6.45, 7) is 3.81. The molecule has 1 N–H and O–H groups in total. The van der Waals surface area contributed by atoms with E-state index in [1.54, 1.807) is 0 Å². The van der Waals surface area contributed by atoms with E-state index < -0.39 is 11.5 Å². The normalized spacial score (nSPS) is 19.8. The molecule has 1 heterocycles. The van der Waals surface area contributed by atoms with E-state index in [-0.39, 0.29) is 0 Å². The first kappa shape index (κ1) is 14.1. The molecule has 0 amide bonds. The maximum atomic E-state index is 11.9. The summed E-state index contributed by atoms with van der Waals surface area (Å²) in [6, 6.07) is 9.98. The van der Waals surface area contributed by atoms with E-state index >= 15 is 0 Å². The lowest BCUT2D eigenvalue weighted by atomic mass is 9.85. The SMILES string of the molecule is CCC(Cc1ccccc1)(C(=O)O)N1CCCCC1. The van der Waals surface area contributed by atoms with Gasteiger partial charge in [0.1, 0.15) is 5.54 Å². The molecule has 1 atom stereocenters. The zero-order chi connectivity index (χ0) is 13.7. The summed E-state index contributed by atoms with van der Waals surface area (Å²) < 4.78 is 0. The van der Waals surface area contributed by atoms with Crippen molar-refractivity contribution in [3.05, 3.63) is 35.9 Å². The minimum absolute atomic E-state index is 0.597. The van der Waals surface area contributed by atoms with E-state index in [4.69, 9.17) is 0 Å². The number of hydrogen-bond acceptors (Lipinski definition) is 2. The largest absolute Gasteiger partial charge is 0.480 e. The molecule has 19 heavy (non-hydrogen) atoms. The zero-order valence-corrected chi connectivity index (χ0v) is 11.6. The van der Waals surface area contributed by atoms with E-state index in [1.807, 2.05) is 37.3 Å². The second-order valence-electron chi connectivity index (χ2n) is 5.40. The van der Waals surface area contributed by atoms with Crippen LogP contribution in [0.1, 0.15) is 38.2 Å². The number of carboxylic acids is 1. The minimum atomic E-state index is -0.734. The Morgan fingerprint density at radius 2 is 1.84 bits per heavy atom. The number of aliphatic carboxylic acids is 1. The van der Waals surface area contributed by atoms with Crippen molar-refractivity contribution in [3.63, 3.8) is 0 Å². The van der Waals surface area contributed by atoms with Gasteiger partial charge in [-0.3, -0.25) is 9.69 Å². The van der Waals surface area contributed by atoms with Gasteiger partial charge in [-0.1, -0.05) is 43.7 Å². The number of hydrogen-bond donors (Lipinski definition) is 1. The van der Waals surface area contributed by atoms with Gasteiger partial charge in [0.25, 0.3) is 0 Å². The molecule has 1 aliphatic heterocycles. The third-order valence-corrected chi connectivity index (χ3v) is 4.28. The molecule has 1 unspecified atom stereocenters. The van der Waals surface area contributed by atoms with Gasteiger partial charge in [-0.25, -0.2) is 0 Å². The molecule has 104 valence electrons. The number of nitrogens with zero attached hydrogens (tertiary/aromatic N) is 1. The van der Waals surface area contributed by atoms with Gasteiger partial charge in [-0.05, 0) is 37.9 Å². The second-order valence-corrected chi connectivity index (χ2v) is 5.40.